The topological polar surface area (TPSA) is 47.6 Å². The number of ether oxygens (including phenoxy) is 2. The molecule has 2 atom stereocenters. The van der Waals surface area contributed by atoms with Crippen LogP contribution >= 0.6 is 0 Å². The number of rotatable bonds is 6. The van der Waals surface area contributed by atoms with Gasteiger partial charge in [-0.25, -0.2) is 0 Å². The molecule has 0 bridgehead atoms. The maximum absolute atomic E-state index is 11.6. The molecule has 1 saturated heterocycles. The van der Waals surface area contributed by atoms with Crippen molar-refractivity contribution in [3.8, 4) is 0 Å². The first kappa shape index (κ1) is 12.5. The molecular formula is C11H21NO3. The molecule has 0 amide bonds. The van der Waals surface area contributed by atoms with E-state index in [0.717, 1.165) is 25.9 Å². The van der Waals surface area contributed by atoms with Crippen LogP contribution in [0.5, 0.6) is 0 Å². The van der Waals surface area contributed by atoms with Crippen molar-refractivity contribution in [2.45, 2.75) is 45.2 Å². The van der Waals surface area contributed by atoms with Crippen LogP contribution in [0.3, 0.4) is 0 Å². The SMILES string of the molecule is CCCC(NC1CCOC1)C(=O)OCC. The summed E-state index contributed by atoms with van der Waals surface area (Å²) in [4.78, 5) is 11.6. The van der Waals surface area contributed by atoms with Gasteiger partial charge in [-0.1, -0.05) is 13.3 Å². The van der Waals surface area contributed by atoms with Crippen molar-refractivity contribution in [3.05, 3.63) is 0 Å². The summed E-state index contributed by atoms with van der Waals surface area (Å²) in [5.74, 6) is -0.133. The summed E-state index contributed by atoms with van der Waals surface area (Å²) in [5.41, 5.74) is 0. The quantitative estimate of drug-likeness (QED) is 0.674. The fourth-order valence-corrected chi connectivity index (χ4v) is 1.75. The first-order chi connectivity index (χ1) is 7.27. The summed E-state index contributed by atoms with van der Waals surface area (Å²) < 4.78 is 10.3. The molecule has 0 aromatic heterocycles. The van der Waals surface area contributed by atoms with Crippen LogP contribution in [0, 0.1) is 0 Å². The third-order valence-electron chi connectivity index (χ3n) is 2.52. The molecule has 1 aliphatic rings. The number of hydrogen-bond acceptors (Lipinski definition) is 4. The molecule has 1 N–H and O–H groups in total. The maximum Gasteiger partial charge on any atom is 0.323 e. The average Bonchev–Trinajstić information content (AvgIpc) is 2.70. The summed E-state index contributed by atoms with van der Waals surface area (Å²) in [6.07, 6.45) is 2.79. The first-order valence-corrected chi connectivity index (χ1v) is 5.78. The Bertz CT molecular complexity index is 190. The molecule has 1 fully saturated rings. The molecule has 2 unspecified atom stereocenters. The zero-order chi connectivity index (χ0) is 11.1. The molecule has 1 rings (SSSR count). The van der Waals surface area contributed by atoms with Gasteiger partial charge in [0.2, 0.25) is 0 Å². The van der Waals surface area contributed by atoms with Crippen molar-refractivity contribution < 1.29 is 14.3 Å². The lowest BCUT2D eigenvalue weighted by Crippen LogP contribution is -2.44. The fraction of sp³-hybridized carbons (Fsp3) is 0.909. The third kappa shape index (κ3) is 4.18. The van der Waals surface area contributed by atoms with E-state index < -0.39 is 0 Å². The Kier molecular flexibility index (Phi) is 5.65. The minimum Gasteiger partial charge on any atom is -0.465 e. The van der Waals surface area contributed by atoms with Crippen molar-refractivity contribution in [2.24, 2.45) is 0 Å². The highest BCUT2D eigenvalue weighted by atomic mass is 16.5. The summed E-state index contributed by atoms with van der Waals surface area (Å²) >= 11 is 0. The molecule has 0 spiro atoms. The number of esters is 1. The van der Waals surface area contributed by atoms with Crippen molar-refractivity contribution in [1.29, 1.82) is 0 Å². The van der Waals surface area contributed by atoms with E-state index >= 15 is 0 Å². The van der Waals surface area contributed by atoms with Crippen molar-refractivity contribution in [2.75, 3.05) is 19.8 Å². The summed E-state index contributed by atoms with van der Waals surface area (Å²) in [7, 11) is 0. The van der Waals surface area contributed by atoms with Crippen LogP contribution in [0.4, 0.5) is 0 Å². The van der Waals surface area contributed by atoms with Gasteiger partial charge in [0.05, 0.1) is 13.2 Å². The zero-order valence-electron chi connectivity index (χ0n) is 9.62. The predicted molar refractivity (Wildman–Crippen MR) is 57.7 cm³/mol. The van der Waals surface area contributed by atoms with E-state index in [0.29, 0.717) is 19.3 Å². The standard InChI is InChI=1S/C11H21NO3/c1-3-5-10(11(13)15-4-2)12-9-6-7-14-8-9/h9-10,12H,3-8H2,1-2H3. The Morgan fingerprint density at radius 3 is 2.93 bits per heavy atom. The highest BCUT2D eigenvalue weighted by molar-refractivity contribution is 5.75. The summed E-state index contributed by atoms with van der Waals surface area (Å²) in [5, 5.41) is 3.30. The molecule has 1 heterocycles. The van der Waals surface area contributed by atoms with Crippen LogP contribution in [0.15, 0.2) is 0 Å². The number of carbonyl (C=O) groups excluding carboxylic acids is 1. The van der Waals surface area contributed by atoms with Crippen molar-refractivity contribution in [3.63, 3.8) is 0 Å². The van der Waals surface area contributed by atoms with Crippen LogP contribution in [0.1, 0.15) is 33.1 Å². The number of nitrogens with one attached hydrogen (secondary N) is 1. The zero-order valence-corrected chi connectivity index (χ0v) is 9.62. The molecule has 1 aliphatic heterocycles. The van der Waals surface area contributed by atoms with Gasteiger partial charge in [0, 0.05) is 12.6 Å². The Hall–Kier alpha value is -0.610. The Morgan fingerprint density at radius 2 is 2.40 bits per heavy atom. The van der Waals surface area contributed by atoms with Crippen LogP contribution in [-0.4, -0.2) is 37.9 Å². The molecule has 88 valence electrons. The van der Waals surface area contributed by atoms with Gasteiger partial charge >= 0.3 is 5.97 Å². The molecular weight excluding hydrogens is 194 g/mol. The minimum absolute atomic E-state index is 0.133. The first-order valence-electron chi connectivity index (χ1n) is 5.78. The molecule has 15 heavy (non-hydrogen) atoms. The third-order valence-corrected chi connectivity index (χ3v) is 2.52. The Morgan fingerprint density at radius 1 is 1.60 bits per heavy atom. The summed E-state index contributed by atoms with van der Waals surface area (Å²) in [6.45, 7) is 5.85. The van der Waals surface area contributed by atoms with E-state index in [-0.39, 0.29) is 12.0 Å². The molecule has 0 aromatic rings. The van der Waals surface area contributed by atoms with Crippen molar-refractivity contribution >= 4 is 5.97 Å². The van der Waals surface area contributed by atoms with E-state index in [1.807, 2.05) is 6.92 Å². The molecule has 4 nitrogen and oxygen atoms in total. The lowest BCUT2D eigenvalue weighted by molar-refractivity contribution is -0.146. The van der Waals surface area contributed by atoms with Gasteiger partial charge in [-0.3, -0.25) is 10.1 Å². The van der Waals surface area contributed by atoms with E-state index in [2.05, 4.69) is 12.2 Å². The molecule has 4 heteroatoms. The highest BCUT2D eigenvalue weighted by Gasteiger charge is 2.24. The highest BCUT2D eigenvalue weighted by Crippen LogP contribution is 2.08. The van der Waals surface area contributed by atoms with E-state index in [9.17, 15) is 4.79 Å². The molecule has 0 aliphatic carbocycles. The van der Waals surface area contributed by atoms with E-state index in [4.69, 9.17) is 9.47 Å². The number of hydrogen-bond donors (Lipinski definition) is 1. The second kappa shape index (κ2) is 6.80. The Labute approximate surface area is 91.3 Å². The minimum atomic E-state index is -0.165. The van der Waals surface area contributed by atoms with Crippen molar-refractivity contribution in [1.82, 2.24) is 5.32 Å². The second-order valence-electron chi connectivity index (χ2n) is 3.82. The van der Waals surface area contributed by atoms with Gasteiger partial charge in [-0.15, -0.1) is 0 Å². The van der Waals surface area contributed by atoms with Crippen LogP contribution < -0.4 is 5.32 Å². The van der Waals surface area contributed by atoms with E-state index in [1.54, 1.807) is 0 Å². The van der Waals surface area contributed by atoms with Gasteiger partial charge < -0.3 is 9.47 Å². The molecule has 0 saturated carbocycles. The smallest absolute Gasteiger partial charge is 0.323 e. The van der Waals surface area contributed by atoms with Crippen LogP contribution in [0.25, 0.3) is 0 Å². The van der Waals surface area contributed by atoms with Gasteiger partial charge in [0.25, 0.3) is 0 Å². The maximum atomic E-state index is 11.6. The van der Waals surface area contributed by atoms with Crippen LogP contribution in [-0.2, 0) is 14.3 Å². The average molecular weight is 215 g/mol. The van der Waals surface area contributed by atoms with E-state index in [1.165, 1.54) is 0 Å². The normalized spacial score (nSPS) is 22.7. The van der Waals surface area contributed by atoms with Crippen LogP contribution in [0.2, 0.25) is 0 Å². The monoisotopic (exact) mass is 215 g/mol. The second-order valence-corrected chi connectivity index (χ2v) is 3.82. The summed E-state index contributed by atoms with van der Waals surface area (Å²) in [6, 6.07) is 0.146. The van der Waals surface area contributed by atoms with Gasteiger partial charge in [-0.2, -0.15) is 0 Å². The molecule has 0 radical (unpaired) electrons. The van der Waals surface area contributed by atoms with Gasteiger partial charge in [0.1, 0.15) is 6.04 Å². The lowest BCUT2D eigenvalue weighted by Gasteiger charge is -2.20. The molecule has 0 aromatic carbocycles. The fourth-order valence-electron chi connectivity index (χ4n) is 1.75. The van der Waals surface area contributed by atoms with Gasteiger partial charge in [-0.05, 0) is 19.8 Å². The lowest BCUT2D eigenvalue weighted by atomic mass is 10.1. The largest absolute Gasteiger partial charge is 0.465 e. The predicted octanol–water partition coefficient (Wildman–Crippen LogP) is 1.10. The Balaban J connectivity index is 2.37. The van der Waals surface area contributed by atoms with Gasteiger partial charge in [0.15, 0.2) is 0 Å². The number of carbonyl (C=O) groups is 1.